The lowest BCUT2D eigenvalue weighted by molar-refractivity contribution is -0.162. The molecule has 1 saturated heterocycles. The number of nitrogens with zero attached hydrogens (tertiary/aromatic N) is 3. The second-order valence-electron chi connectivity index (χ2n) is 5.71. The number of β-lactam (4-membered cyclic amide) rings is 1. The summed E-state index contributed by atoms with van der Waals surface area (Å²) < 4.78 is 11.2. The first-order valence-electron chi connectivity index (χ1n) is 7.33. The summed E-state index contributed by atoms with van der Waals surface area (Å²) in [6, 6.07) is 1.63. The molecule has 1 aromatic rings. The van der Waals surface area contributed by atoms with Crippen LogP contribution in [0.25, 0.3) is 0 Å². The normalized spacial score (nSPS) is 27.8. The molecule has 25 heavy (non-hydrogen) atoms. The van der Waals surface area contributed by atoms with E-state index in [0.29, 0.717) is 24.7 Å². The second kappa shape index (κ2) is 5.49. The number of carbonyl (C=O) groups excluding carboxylic acids is 2. The summed E-state index contributed by atoms with van der Waals surface area (Å²) in [5, 5.41) is 14.4. The standard InChI is InChI=1S/C14H12BrN3O6S/c1-6(19)24-10(7-4-9-17(16-7)2-3-23-9)14(15)12(22)18-8(11(20)21)5-25-13(14)18/h4-5,10,13H,2-3H2,1H3,(H,20,21)/t10?,13-,14?/m1/s1. The molecule has 1 amide bonds. The molecule has 3 atom stereocenters. The number of rotatable bonds is 4. The van der Waals surface area contributed by atoms with Gasteiger partial charge in [-0.05, 0) is 0 Å². The minimum Gasteiger partial charge on any atom is -0.477 e. The van der Waals surface area contributed by atoms with E-state index in [0.717, 1.165) is 0 Å². The second-order valence-corrected chi connectivity index (χ2v) is 7.97. The van der Waals surface area contributed by atoms with Crippen molar-refractivity contribution in [2.24, 2.45) is 0 Å². The third-order valence-electron chi connectivity index (χ3n) is 4.18. The summed E-state index contributed by atoms with van der Waals surface area (Å²) in [7, 11) is 0. The first-order valence-corrected chi connectivity index (χ1v) is 9.07. The molecule has 2 unspecified atom stereocenters. The number of alkyl halides is 1. The molecule has 9 nitrogen and oxygen atoms in total. The quantitative estimate of drug-likeness (QED) is 0.426. The molecule has 0 saturated carbocycles. The lowest BCUT2D eigenvalue weighted by Crippen LogP contribution is -2.70. The van der Waals surface area contributed by atoms with E-state index in [1.54, 1.807) is 10.7 Å². The van der Waals surface area contributed by atoms with Crippen LogP contribution in [0, 0.1) is 0 Å². The Balaban J connectivity index is 1.69. The van der Waals surface area contributed by atoms with Crippen molar-refractivity contribution in [3.8, 4) is 5.88 Å². The maximum atomic E-state index is 12.8. The monoisotopic (exact) mass is 429 g/mol. The Kier molecular flexibility index (Phi) is 3.62. The van der Waals surface area contributed by atoms with Crippen LogP contribution in [0.5, 0.6) is 5.88 Å². The van der Waals surface area contributed by atoms with E-state index in [-0.39, 0.29) is 5.70 Å². The van der Waals surface area contributed by atoms with Crippen molar-refractivity contribution < 1.29 is 29.0 Å². The fraction of sp³-hybridized carbons (Fsp3) is 0.429. The molecule has 3 aliphatic rings. The molecule has 1 N–H and O–H groups in total. The van der Waals surface area contributed by atoms with Crippen molar-refractivity contribution in [3.05, 3.63) is 22.9 Å². The SMILES string of the molecule is CC(=O)OC(c1cc2n(n1)CCO2)C1(Br)C(=O)N2C(C(=O)O)=CS[C@@H]21. The number of aliphatic carboxylic acids is 1. The summed E-state index contributed by atoms with van der Waals surface area (Å²) in [5.41, 5.74) is 0.284. The Bertz CT molecular complexity index is 817. The van der Waals surface area contributed by atoms with E-state index in [9.17, 15) is 19.5 Å². The van der Waals surface area contributed by atoms with Gasteiger partial charge in [-0.15, -0.1) is 11.8 Å². The van der Waals surface area contributed by atoms with Gasteiger partial charge in [0.1, 0.15) is 23.4 Å². The van der Waals surface area contributed by atoms with Gasteiger partial charge in [-0.3, -0.25) is 14.5 Å². The lowest BCUT2D eigenvalue weighted by atomic mass is 9.89. The summed E-state index contributed by atoms with van der Waals surface area (Å²) in [6.07, 6.45) is -1.01. The number of carbonyl (C=O) groups is 3. The van der Waals surface area contributed by atoms with E-state index < -0.39 is 33.6 Å². The van der Waals surface area contributed by atoms with Gasteiger partial charge < -0.3 is 14.6 Å². The van der Waals surface area contributed by atoms with Gasteiger partial charge in [0.25, 0.3) is 5.91 Å². The van der Waals surface area contributed by atoms with Crippen molar-refractivity contribution in [1.29, 1.82) is 0 Å². The van der Waals surface area contributed by atoms with Gasteiger partial charge in [0.2, 0.25) is 5.88 Å². The zero-order valence-electron chi connectivity index (χ0n) is 12.8. The number of carboxylic acid groups (broad SMARTS) is 1. The Labute approximate surface area is 154 Å². The van der Waals surface area contributed by atoms with E-state index >= 15 is 0 Å². The molecule has 132 valence electrons. The van der Waals surface area contributed by atoms with E-state index in [1.807, 2.05) is 0 Å². The molecule has 0 aliphatic carbocycles. The number of halogens is 1. The number of carboxylic acids is 1. The average Bonchev–Trinajstić information content (AvgIpc) is 3.23. The van der Waals surface area contributed by atoms with E-state index in [4.69, 9.17) is 9.47 Å². The van der Waals surface area contributed by atoms with Crippen LogP contribution in [-0.2, 0) is 25.7 Å². The Morgan fingerprint density at radius 1 is 1.60 bits per heavy atom. The fourth-order valence-corrected chi connectivity index (χ4v) is 5.36. The first-order chi connectivity index (χ1) is 11.8. The van der Waals surface area contributed by atoms with Gasteiger partial charge in [-0.1, -0.05) is 15.9 Å². The third-order valence-corrected chi connectivity index (χ3v) is 6.87. The molecule has 4 heterocycles. The van der Waals surface area contributed by atoms with Crippen LogP contribution in [-0.4, -0.2) is 53.9 Å². The zero-order chi connectivity index (χ0) is 17.9. The number of hydrogen-bond donors (Lipinski definition) is 1. The topological polar surface area (TPSA) is 111 Å². The number of esters is 1. The van der Waals surface area contributed by atoms with Gasteiger partial charge in [0.05, 0.1) is 6.54 Å². The number of aromatic nitrogens is 2. The van der Waals surface area contributed by atoms with Crippen LogP contribution in [0.4, 0.5) is 0 Å². The highest BCUT2D eigenvalue weighted by molar-refractivity contribution is 9.10. The molecule has 11 heteroatoms. The predicted octanol–water partition coefficient (Wildman–Crippen LogP) is 0.855. The number of amides is 1. The van der Waals surface area contributed by atoms with Gasteiger partial charge in [-0.2, -0.15) is 5.10 Å². The molecule has 0 bridgehead atoms. The third kappa shape index (κ3) is 2.21. The zero-order valence-corrected chi connectivity index (χ0v) is 15.2. The molecular weight excluding hydrogens is 418 g/mol. The van der Waals surface area contributed by atoms with Gasteiger partial charge in [0.15, 0.2) is 10.4 Å². The minimum atomic E-state index is -1.30. The van der Waals surface area contributed by atoms with Crippen LogP contribution in [0.15, 0.2) is 17.2 Å². The number of fused-ring (bicyclic) bond motifs is 2. The molecule has 1 aromatic heterocycles. The average molecular weight is 430 g/mol. The minimum absolute atomic E-state index is 0.0904. The molecule has 0 radical (unpaired) electrons. The van der Waals surface area contributed by atoms with E-state index in [2.05, 4.69) is 21.0 Å². The van der Waals surface area contributed by atoms with E-state index in [1.165, 1.54) is 29.0 Å². The molecule has 0 spiro atoms. The Hall–Kier alpha value is -2.01. The van der Waals surface area contributed by atoms with Crippen LogP contribution < -0.4 is 4.74 Å². The predicted molar refractivity (Wildman–Crippen MR) is 87.8 cm³/mol. The highest BCUT2D eigenvalue weighted by Crippen LogP contribution is 2.58. The summed E-state index contributed by atoms with van der Waals surface area (Å²) in [6.45, 7) is 2.32. The molecular formula is C14H12BrN3O6S. The maximum absolute atomic E-state index is 12.8. The van der Waals surface area contributed by atoms with Gasteiger partial charge in [-0.25, -0.2) is 9.48 Å². The maximum Gasteiger partial charge on any atom is 0.353 e. The summed E-state index contributed by atoms with van der Waals surface area (Å²) in [5.74, 6) is -1.71. The summed E-state index contributed by atoms with van der Waals surface area (Å²) >= 11 is 4.60. The largest absolute Gasteiger partial charge is 0.477 e. The Morgan fingerprint density at radius 2 is 2.36 bits per heavy atom. The first kappa shape index (κ1) is 16.5. The van der Waals surface area contributed by atoms with Crippen molar-refractivity contribution >= 4 is 45.5 Å². The Morgan fingerprint density at radius 3 is 3.00 bits per heavy atom. The van der Waals surface area contributed by atoms with Crippen LogP contribution in [0.3, 0.4) is 0 Å². The molecule has 1 fully saturated rings. The number of hydrogen-bond acceptors (Lipinski definition) is 7. The van der Waals surface area contributed by atoms with Crippen molar-refractivity contribution in [2.45, 2.75) is 29.3 Å². The smallest absolute Gasteiger partial charge is 0.353 e. The molecule has 3 aliphatic heterocycles. The van der Waals surface area contributed by atoms with Crippen molar-refractivity contribution in [2.75, 3.05) is 6.61 Å². The van der Waals surface area contributed by atoms with Crippen LogP contribution >= 0.6 is 27.7 Å². The summed E-state index contributed by atoms with van der Waals surface area (Å²) in [4.78, 5) is 36.8. The van der Waals surface area contributed by atoms with Gasteiger partial charge >= 0.3 is 11.9 Å². The van der Waals surface area contributed by atoms with Crippen LogP contribution in [0.1, 0.15) is 18.7 Å². The lowest BCUT2D eigenvalue weighted by Gasteiger charge is -2.51. The number of thioether (sulfide) groups is 1. The molecule has 0 aromatic carbocycles. The fourth-order valence-electron chi connectivity index (χ4n) is 3.08. The van der Waals surface area contributed by atoms with Gasteiger partial charge in [0, 0.05) is 18.4 Å². The highest BCUT2D eigenvalue weighted by atomic mass is 79.9. The molecule has 4 rings (SSSR count). The number of ether oxygens (including phenoxy) is 2. The highest BCUT2D eigenvalue weighted by Gasteiger charge is 2.69. The van der Waals surface area contributed by atoms with Crippen LogP contribution in [0.2, 0.25) is 0 Å². The van der Waals surface area contributed by atoms with Crippen molar-refractivity contribution in [3.63, 3.8) is 0 Å². The van der Waals surface area contributed by atoms with Crippen molar-refractivity contribution in [1.82, 2.24) is 14.7 Å².